The third kappa shape index (κ3) is 3.29. The molecule has 6 nitrogen and oxygen atoms in total. The number of rotatable bonds is 4. The van der Waals surface area contributed by atoms with E-state index in [4.69, 9.17) is 4.74 Å². The molecule has 1 aliphatic heterocycles. The molecule has 0 bridgehead atoms. The molecule has 0 unspecified atom stereocenters. The van der Waals surface area contributed by atoms with E-state index in [1.807, 2.05) is 0 Å². The molecule has 110 valence electrons. The highest BCUT2D eigenvalue weighted by molar-refractivity contribution is 9.10. The summed E-state index contributed by atoms with van der Waals surface area (Å²) in [5.74, 6) is 0. The number of aromatic nitrogens is 1. The summed E-state index contributed by atoms with van der Waals surface area (Å²) in [5, 5.41) is 11.6. The maximum Gasteiger partial charge on any atom is 0.286 e. The smallest absolute Gasteiger partial charge is 0.286 e. The maximum atomic E-state index is 12.1. The minimum absolute atomic E-state index is 0.0896. The Morgan fingerprint density at radius 3 is 2.65 bits per heavy atom. The summed E-state index contributed by atoms with van der Waals surface area (Å²) >= 11 is 6.60. The zero-order valence-electron chi connectivity index (χ0n) is 10.7. The monoisotopic (exact) mass is 408 g/mol. The van der Waals surface area contributed by atoms with Gasteiger partial charge >= 0.3 is 0 Å². The van der Waals surface area contributed by atoms with Crippen molar-refractivity contribution >= 4 is 37.5 Å². The molecule has 0 aliphatic carbocycles. The zero-order chi connectivity index (χ0) is 14.8. The highest BCUT2D eigenvalue weighted by atomic mass is 79.9. The van der Waals surface area contributed by atoms with Crippen molar-refractivity contribution in [2.45, 2.75) is 19.4 Å². The SMILES string of the molecule is O=c1c(Br)cc([N+](=O)[O-])cn1CC1(CBr)CCOCC1. The Balaban J connectivity index is 2.36. The van der Waals surface area contributed by atoms with E-state index in [9.17, 15) is 14.9 Å². The first-order valence-corrected chi connectivity index (χ1v) is 8.07. The van der Waals surface area contributed by atoms with Gasteiger partial charge in [0.2, 0.25) is 0 Å². The number of nitrogens with zero attached hydrogens (tertiary/aromatic N) is 2. The van der Waals surface area contributed by atoms with Crippen molar-refractivity contribution in [2.24, 2.45) is 5.41 Å². The summed E-state index contributed by atoms with van der Waals surface area (Å²) < 4.78 is 6.99. The number of halogens is 2. The van der Waals surface area contributed by atoms with E-state index in [-0.39, 0.29) is 21.1 Å². The van der Waals surface area contributed by atoms with Crippen LogP contribution < -0.4 is 5.56 Å². The van der Waals surface area contributed by atoms with Gasteiger partial charge in [0, 0.05) is 36.6 Å². The predicted molar refractivity (Wildman–Crippen MR) is 81.3 cm³/mol. The summed E-state index contributed by atoms with van der Waals surface area (Å²) in [7, 11) is 0. The van der Waals surface area contributed by atoms with Gasteiger partial charge in [0.25, 0.3) is 11.2 Å². The summed E-state index contributed by atoms with van der Waals surface area (Å²) in [6.07, 6.45) is 2.96. The number of hydrogen-bond donors (Lipinski definition) is 0. The van der Waals surface area contributed by atoms with Crippen LogP contribution in [0.15, 0.2) is 21.5 Å². The third-order valence-corrected chi connectivity index (χ3v) is 5.34. The van der Waals surface area contributed by atoms with Gasteiger partial charge in [0.15, 0.2) is 0 Å². The molecular formula is C12H14Br2N2O4. The second-order valence-corrected chi connectivity index (χ2v) is 6.40. The average Bonchev–Trinajstić information content (AvgIpc) is 2.44. The molecule has 0 N–H and O–H groups in total. The Bertz CT molecular complexity index is 567. The molecule has 0 aromatic carbocycles. The Hall–Kier alpha value is -0.730. The van der Waals surface area contributed by atoms with Crippen LogP contribution in [0.25, 0.3) is 0 Å². The molecule has 20 heavy (non-hydrogen) atoms. The lowest BCUT2D eigenvalue weighted by Crippen LogP contribution is -2.38. The molecule has 8 heteroatoms. The van der Waals surface area contributed by atoms with Crippen molar-refractivity contribution in [1.29, 1.82) is 0 Å². The molecule has 2 heterocycles. The van der Waals surface area contributed by atoms with Gasteiger partial charge < -0.3 is 9.30 Å². The number of pyridine rings is 1. The van der Waals surface area contributed by atoms with Gasteiger partial charge in [-0.05, 0) is 28.8 Å². The normalized spacial score (nSPS) is 17.9. The van der Waals surface area contributed by atoms with Crippen LogP contribution in [0.1, 0.15) is 12.8 Å². The topological polar surface area (TPSA) is 74.4 Å². The number of ether oxygens (including phenoxy) is 1. The Morgan fingerprint density at radius 2 is 2.10 bits per heavy atom. The molecule has 1 aromatic heterocycles. The molecule has 0 amide bonds. The summed E-state index contributed by atoms with van der Waals surface area (Å²) in [6, 6.07) is 1.24. The van der Waals surface area contributed by atoms with Crippen LogP contribution in [0.5, 0.6) is 0 Å². The maximum absolute atomic E-state index is 12.1. The minimum atomic E-state index is -0.495. The molecule has 0 atom stereocenters. The Morgan fingerprint density at radius 1 is 1.45 bits per heavy atom. The molecule has 1 fully saturated rings. The highest BCUT2D eigenvalue weighted by Crippen LogP contribution is 2.34. The summed E-state index contributed by atoms with van der Waals surface area (Å²) in [6.45, 7) is 1.74. The van der Waals surface area contributed by atoms with Crippen LogP contribution >= 0.6 is 31.9 Å². The molecule has 2 rings (SSSR count). The van der Waals surface area contributed by atoms with Gasteiger partial charge in [-0.3, -0.25) is 14.9 Å². The van der Waals surface area contributed by atoms with Crippen LogP contribution in [0, 0.1) is 15.5 Å². The van der Waals surface area contributed by atoms with E-state index in [1.54, 1.807) is 0 Å². The number of nitro groups is 1. The van der Waals surface area contributed by atoms with Crippen molar-refractivity contribution in [2.75, 3.05) is 18.5 Å². The van der Waals surface area contributed by atoms with Gasteiger partial charge in [-0.25, -0.2) is 0 Å². The number of alkyl halides is 1. The fraction of sp³-hybridized carbons (Fsp3) is 0.583. The van der Waals surface area contributed by atoms with Crippen LogP contribution in [-0.4, -0.2) is 28.0 Å². The standard InChI is InChI=1S/C12H14Br2N2O4/c13-7-12(1-3-20-4-2-12)8-15-6-9(16(18)19)5-10(14)11(15)17/h5-6H,1-4,7-8H2. The van der Waals surface area contributed by atoms with Crippen molar-refractivity contribution in [3.8, 4) is 0 Å². The van der Waals surface area contributed by atoms with Gasteiger partial charge in [-0.1, -0.05) is 15.9 Å². The van der Waals surface area contributed by atoms with Crippen molar-refractivity contribution in [1.82, 2.24) is 4.57 Å². The third-order valence-electron chi connectivity index (χ3n) is 3.58. The van der Waals surface area contributed by atoms with E-state index in [1.165, 1.54) is 16.8 Å². The first-order chi connectivity index (χ1) is 9.47. The Labute approximate surface area is 132 Å². The highest BCUT2D eigenvalue weighted by Gasteiger charge is 2.33. The van der Waals surface area contributed by atoms with Crippen LogP contribution in [0.2, 0.25) is 0 Å². The molecular weight excluding hydrogens is 396 g/mol. The number of hydrogen-bond acceptors (Lipinski definition) is 4. The molecule has 0 spiro atoms. The van der Waals surface area contributed by atoms with E-state index >= 15 is 0 Å². The van der Waals surface area contributed by atoms with Crippen molar-refractivity contribution < 1.29 is 9.66 Å². The fourth-order valence-electron chi connectivity index (χ4n) is 2.30. The largest absolute Gasteiger partial charge is 0.381 e. The summed E-state index contributed by atoms with van der Waals surface area (Å²) in [5.41, 5.74) is -0.438. The second kappa shape index (κ2) is 6.36. The molecule has 0 radical (unpaired) electrons. The van der Waals surface area contributed by atoms with E-state index < -0.39 is 4.92 Å². The first-order valence-electron chi connectivity index (χ1n) is 6.15. The molecule has 1 saturated heterocycles. The van der Waals surface area contributed by atoms with Crippen LogP contribution in [-0.2, 0) is 11.3 Å². The lowest BCUT2D eigenvalue weighted by molar-refractivity contribution is -0.385. The van der Waals surface area contributed by atoms with Crippen LogP contribution in [0.3, 0.4) is 0 Å². The summed E-state index contributed by atoms with van der Waals surface area (Å²) in [4.78, 5) is 22.5. The van der Waals surface area contributed by atoms with E-state index in [0.717, 1.165) is 18.2 Å². The first kappa shape index (κ1) is 15.7. The van der Waals surface area contributed by atoms with E-state index in [2.05, 4.69) is 31.9 Å². The van der Waals surface area contributed by atoms with Crippen LogP contribution in [0.4, 0.5) is 5.69 Å². The molecule has 1 aliphatic rings. The molecule has 0 saturated carbocycles. The van der Waals surface area contributed by atoms with Gasteiger partial charge in [-0.15, -0.1) is 0 Å². The Kier molecular flexibility index (Phi) is 4.98. The van der Waals surface area contributed by atoms with E-state index in [0.29, 0.717) is 19.8 Å². The van der Waals surface area contributed by atoms with Gasteiger partial charge in [0.1, 0.15) is 0 Å². The van der Waals surface area contributed by atoms with Gasteiger partial charge in [-0.2, -0.15) is 0 Å². The fourth-order valence-corrected chi connectivity index (χ4v) is 3.50. The lowest BCUT2D eigenvalue weighted by atomic mass is 9.82. The quantitative estimate of drug-likeness (QED) is 0.435. The zero-order valence-corrected chi connectivity index (χ0v) is 13.9. The lowest BCUT2D eigenvalue weighted by Gasteiger charge is -2.36. The van der Waals surface area contributed by atoms with Crippen molar-refractivity contribution in [3.63, 3.8) is 0 Å². The molecule has 1 aromatic rings. The second-order valence-electron chi connectivity index (χ2n) is 4.98. The van der Waals surface area contributed by atoms with Gasteiger partial charge in [0.05, 0.1) is 15.6 Å². The van der Waals surface area contributed by atoms with Crippen molar-refractivity contribution in [3.05, 3.63) is 37.2 Å². The average molecular weight is 410 g/mol. The minimum Gasteiger partial charge on any atom is -0.381 e. The predicted octanol–water partition coefficient (Wildman–Crippen LogP) is 2.71.